The summed E-state index contributed by atoms with van der Waals surface area (Å²) in [7, 11) is 1.78. The lowest BCUT2D eigenvalue weighted by molar-refractivity contribution is 0.0529. The van der Waals surface area contributed by atoms with Gasteiger partial charge >= 0.3 is 0 Å². The first-order valence-electron chi connectivity index (χ1n) is 5.96. The molecule has 0 aliphatic carbocycles. The van der Waals surface area contributed by atoms with Gasteiger partial charge in [0.1, 0.15) is 0 Å². The van der Waals surface area contributed by atoms with Crippen molar-refractivity contribution < 1.29 is 4.74 Å². The van der Waals surface area contributed by atoms with Crippen LogP contribution in [0.4, 0.5) is 0 Å². The molecule has 2 unspecified atom stereocenters. The van der Waals surface area contributed by atoms with E-state index in [-0.39, 0.29) is 5.54 Å². The van der Waals surface area contributed by atoms with Crippen molar-refractivity contribution in [3.8, 4) is 0 Å². The van der Waals surface area contributed by atoms with Crippen molar-refractivity contribution in [3.05, 3.63) is 0 Å². The van der Waals surface area contributed by atoms with Gasteiger partial charge in [0.25, 0.3) is 0 Å². The number of nitrogens with one attached hydrogen (secondary N) is 1. The molecular weight excluding hydrogens is 188 g/mol. The van der Waals surface area contributed by atoms with Crippen LogP contribution in [0, 0.1) is 0 Å². The molecule has 1 aliphatic rings. The molecule has 1 N–H and O–H groups in total. The zero-order chi connectivity index (χ0) is 11.5. The zero-order valence-corrected chi connectivity index (χ0v) is 10.8. The van der Waals surface area contributed by atoms with Crippen LogP contribution in [0.5, 0.6) is 0 Å². The minimum atomic E-state index is 0.244. The first-order chi connectivity index (χ1) is 6.96. The molecule has 0 aromatic rings. The van der Waals surface area contributed by atoms with Gasteiger partial charge in [-0.05, 0) is 34.1 Å². The van der Waals surface area contributed by atoms with Crippen molar-refractivity contribution in [2.45, 2.75) is 51.7 Å². The number of hydrogen-bond acceptors (Lipinski definition) is 3. The van der Waals surface area contributed by atoms with Crippen molar-refractivity contribution >= 4 is 0 Å². The summed E-state index contributed by atoms with van der Waals surface area (Å²) in [6.45, 7) is 12.2. The Morgan fingerprint density at radius 3 is 2.80 bits per heavy atom. The minimum Gasteiger partial charge on any atom is -0.385 e. The Morgan fingerprint density at radius 2 is 2.20 bits per heavy atom. The minimum absolute atomic E-state index is 0.244. The van der Waals surface area contributed by atoms with Gasteiger partial charge in [0.05, 0.1) is 0 Å². The average molecular weight is 214 g/mol. The summed E-state index contributed by atoms with van der Waals surface area (Å²) in [5, 5.41) is 3.58. The van der Waals surface area contributed by atoms with E-state index in [4.69, 9.17) is 4.74 Å². The van der Waals surface area contributed by atoms with E-state index in [1.165, 1.54) is 0 Å². The highest BCUT2D eigenvalue weighted by atomic mass is 16.5. The molecule has 15 heavy (non-hydrogen) atoms. The Balaban J connectivity index is 2.50. The molecule has 2 atom stereocenters. The molecule has 3 nitrogen and oxygen atoms in total. The molecule has 0 aromatic heterocycles. The third-order valence-electron chi connectivity index (χ3n) is 3.33. The molecule has 90 valence electrons. The quantitative estimate of drug-likeness (QED) is 0.767. The second-order valence-electron chi connectivity index (χ2n) is 5.42. The van der Waals surface area contributed by atoms with Crippen LogP contribution in [0.25, 0.3) is 0 Å². The van der Waals surface area contributed by atoms with Gasteiger partial charge in [-0.3, -0.25) is 4.90 Å². The van der Waals surface area contributed by atoms with Crippen molar-refractivity contribution in [2.75, 3.05) is 26.8 Å². The van der Waals surface area contributed by atoms with Gasteiger partial charge in [-0.1, -0.05) is 0 Å². The smallest absolute Gasteiger partial charge is 0.0477 e. The number of nitrogens with zero attached hydrogens (tertiary/aromatic N) is 1. The Morgan fingerprint density at radius 1 is 1.53 bits per heavy atom. The molecule has 0 amide bonds. The predicted octanol–water partition coefficient (Wildman–Crippen LogP) is 1.48. The second-order valence-corrected chi connectivity index (χ2v) is 5.42. The van der Waals surface area contributed by atoms with E-state index in [0.29, 0.717) is 12.1 Å². The Labute approximate surface area is 94.2 Å². The summed E-state index contributed by atoms with van der Waals surface area (Å²) in [4.78, 5) is 2.59. The fourth-order valence-electron chi connectivity index (χ4n) is 2.25. The van der Waals surface area contributed by atoms with Crippen LogP contribution in [0.3, 0.4) is 0 Å². The molecule has 1 rings (SSSR count). The molecule has 0 aromatic carbocycles. The van der Waals surface area contributed by atoms with E-state index in [0.717, 1.165) is 26.1 Å². The van der Waals surface area contributed by atoms with Crippen LogP contribution in [-0.2, 0) is 4.74 Å². The number of hydrogen-bond donors (Lipinski definition) is 1. The number of ether oxygens (including phenoxy) is 1. The third kappa shape index (κ3) is 3.74. The van der Waals surface area contributed by atoms with Gasteiger partial charge < -0.3 is 10.1 Å². The summed E-state index contributed by atoms with van der Waals surface area (Å²) < 4.78 is 5.15. The molecular formula is C12H26N2O. The maximum atomic E-state index is 5.15. The van der Waals surface area contributed by atoms with Crippen LogP contribution < -0.4 is 5.32 Å². The monoisotopic (exact) mass is 214 g/mol. The lowest BCUT2D eigenvalue weighted by Crippen LogP contribution is -2.62. The SMILES string of the molecule is COCCC(C)N1CC(C)(C)NCC1C. The normalized spacial score (nSPS) is 29.0. The number of methoxy groups -OCH3 is 1. The summed E-state index contributed by atoms with van der Waals surface area (Å²) in [5.41, 5.74) is 0.244. The molecule has 1 fully saturated rings. The molecule has 1 heterocycles. The van der Waals surface area contributed by atoms with Gasteiger partial charge in [-0.15, -0.1) is 0 Å². The van der Waals surface area contributed by atoms with Crippen LogP contribution in [0.2, 0.25) is 0 Å². The standard InChI is InChI=1S/C12H26N2O/c1-10(6-7-15-5)14-9-12(3,4)13-8-11(14)2/h10-11,13H,6-9H2,1-5H3. The third-order valence-corrected chi connectivity index (χ3v) is 3.33. The molecule has 0 saturated carbocycles. The molecule has 1 saturated heterocycles. The van der Waals surface area contributed by atoms with E-state index >= 15 is 0 Å². The average Bonchev–Trinajstić information content (AvgIpc) is 2.18. The number of rotatable bonds is 4. The van der Waals surface area contributed by atoms with Gasteiger partial charge in [0, 0.05) is 44.4 Å². The van der Waals surface area contributed by atoms with E-state index in [9.17, 15) is 0 Å². The van der Waals surface area contributed by atoms with Crippen molar-refractivity contribution in [2.24, 2.45) is 0 Å². The van der Waals surface area contributed by atoms with Crippen molar-refractivity contribution in [1.82, 2.24) is 10.2 Å². The molecule has 0 spiro atoms. The van der Waals surface area contributed by atoms with Gasteiger partial charge in [-0.25, -0.2) is 0 Å². The summed E-state index contributed by atoms with van der Waals surface area (Å²) in [6.07, 6.45) is 1.12. The summed E-state index contributed by atoms with van der Waals surface area (Å²) >= 11 is 0. The van der Waals surface area contributed by atoms with Crippen molar-refractivity contribution in [3.63, 3.8) is 0 Å². The first-order valence-corrected chi connectivity index (χ1v) is 5.96. The lowest BCUT2D eigenvalue weighted by Gasteiger charge is -2.46. The number of piperazine rings is 1. The highest BCUT2D eigenvalue weighted by Gasteiger charge is 2.32. The Hall–Kier alpha value is -0.120. The van der Waals surface area contributed by atoms with Gasteiger partial charge in [-0.2, -0.15) is 0 Å². The molecule has 0 bridgehead atoms. The van der Waals surface area contributed by atoms with Crippen LogP contribution in [0.1, 0.15) is 34.1 Å². The maximum absolute atomic E-state index is 5.15. The van der Waals surface area contributed by atoms with Gasteiger partial charge in [0.2, 0.25) is 0 Å². The zero-order valence-electron chi connectivity index (χ0n) is 10.8. The molecule has 3 heteroatoms. The fourth-order valence-corrected chi connectivity index (χ4v) is 2.25. The van der Waals surface area contributed by atoms with E-state index < -0.39 is 0 Å². The summed E-state index contributed by atoms with van der Waals surface area (Å²) in [5.74, 6) is 0. The second kappa shape index (κ2) is 5.28. The summed E-state index contributed by atoms with van der Waals surface area (Å²) in [6, 6.07) is 1.24. The highest BCUT2D eigenvalue weighted by molar-refractivity contribution is 4.92. The Bertz CT molecular complexity index is 194. The Kier molecular flexibility index (Phi) is 4.56. The molecule has 0 radical (unpaired) electrons. The van der Waals surface area contributed by atoms with Crippen LogP contribution in [-0.4, -0.2) is 49.3 Å². The van der Waals surface area contributed by atoms with Crippen LogP contribution >= 0.6 is 0 Å². The fraction of sp³-hybridized carbons (Fsp3) is 1.00. The predicted molar refractivity (Wildman–Crippen MR) is 64.2 cm³/mol. The van der Waals surface area contributed by atoms with Crippen molar-refractivity contribution in [1.29, 1.82) is 0 Å². The maximum Gasteiger partial charge on any atom is 0.0477 e. The van der Waals surface area contributed by atoms with E-state index in [1.807, 2.05) is 0 Å². The van der Waals surface area contributed by atoms with E-state index in [1.54, 1.807) is 7.11 Å². The molecule has 1 aliphatic heterocycles. The van der Waals surface area contributed by atoms with E-state index in [2.05, 4.69) is 37.9 Å². The largest absolute Gasteiger partial charge is 0.385 e. The topological polar surface area (TPSA) is 24.5 Å². The first kappa shape index (κ1) is 12.9. The lowest BCUT2D eigenvalue weighted by atomic mass is 9.97. The highest BCUT2D eigenvalue weighted by Crippen LogP contribution is 2.18. The van der Waals surface area contributed by atoms with Crippen LogP contribution in [0.15, 0.2) is 0 Å². The van der Waals surface area contributed by atoms with Gasteiger partial charge in [0.15, 0.2) is 0 Å².